The largest absolute Gasteiger partial charge is 0.307 e. The van der Waals surface area contributed by atoms with E-state index < -0.39 is 0 Å². The zero-order chi connectivity index (χ0) is 14.7. The predicted octanol–water partition coefficient (Wildman–Crippen LogP) is 3.34. The Morgan fingerprint density at radius 3 is 2.57 bits per heavy atom. The molecule has 0 fully saturated rings. The van der Waals surface area contributed by atoms with E-state index in [4.69, 9.17) is 0 Å². The summed E-state index contributed by atoms with van der Waals surface area (Å²) in [5, 5.41) is 3.46. The van der Waals surface area contributed by atoms with Crippen LogP contribution >= 0.6 is 15.9 Å². The number of halogens is 1. The van der Waals surface area contributed by atoms with E-state index >= 15 is 0 Å². The fourth-order valence-corrected chi connectivity index (χ4v) is 2.58. The third kappa shape index (κ3) is 3.31. The zero-order valence-electron chi connectivity index (χ0n) is 11.9. The summed E-state index contributed by atoms with van der Waals surface area (Å²) < 4.78 is 2.86. The van der Waals surface area contributed by atoms with E-state index in [0.717, 1.165) is 35.5 Å². The first-order valence-electron chi connectivity index (χ1n) is 7.02. The maximum absolute atomic E-state index is 4.35. The quantitative estimate of drug-likeness (QED) is 0.771. The standard InChI is InChI=1S/C16H17BrN4/c1-2-12-3-5-13(6-4-12)7-18-8-14-9-20-16-10-19-15(17)11-21(14)16/h3-6,9-11,18H,2,7-8H2,1H3. The van der Waals surface area contributed by atoms with Gasteiger partial charge in [-0.1, -0.05) is 31.2 Å². The number of nitrogens with zero attached hydrogens (tertiary/aromatic N) is 3. The molecule has 0 aliphatic carbocycles. The lowest BCUT2D eigenvalue weighted by molar-refractivity contribution is 0.675. The normalized spacial score (nSPS) is 11.1. The highest BCUT2D eigenvalue weighted by Crippen LogP contribution is 2.11. The number of rotatable bonds is 5. The molecule has 1 aromatic carbocycles. The second-order valence-corrected chi connectivity index (χ2v) is 5.77. The highest BCUT2D eigenvalue weighted by Gasteiger charge is 2.04. The van der Waals surface area contributed by atoms with E-state index in [-0.39, 0.29) is 0 Å². The van der Waals surface area contributed by atoms with E-state index in [9.17, 15) is 0 Å². The van der Waals surface area contributed by atoms with Crippen LogP contribution in [-0.4, -0.2) is 14.4 Å². The molecule has 0 bridgehead atoms. The molecular weight excluding hydrogens is 328 g/mol. The van der Waals surface area contributed by atoms with Crippen molar-refractivity contribution in [2.45, 2.75) is 26.4 Å². The molecule has 21 heavy (non-hydrogen) atoms. The summed E-state index contributed by atoms with van der Waals surface area (Å²) in [6.45, 7) is 3.79. The molecule has 0 saturated carbocycles. The zero-order valence-corrected chi connectivity index (χ0v) is 13.5. The van der Waals surface area contributed by atoms with Crippen LogP contribution in [0, 0.1) is 0 Å². The SMILES string of the molecule is CCc1ccc(CNCc2cnc3cnc(Br)cn23)cc1. The molecular formula is C16H17BrN4. The summed E-state index contributed by atoms with van der Waals surface area (Å²) >= 11 is 3.39. The summed E-state index contributed by atoms with van der Waals surface area (Å²) in [4.78, 5) is 8.53. The van der Waals surface area contributed by atoms with Crippen molar-refractivity contribution in [2.24, 2.45) is 0 Å². The molecule has 0 amide bonds. The first-order valence-corrected chi connectivity index (χ1v) is 7.81. The lowest BCUT2D eigenvalue weighted by Crippen LogP contribution is -2.14. The third-order valence-electron chi connectivity index (χ3n) is 3.51. The van der Waals surface area contributed by atoms with Gasteiger partial charge in [0.05, 0.1) is 18.1 Å². The van der Waals surface area contributed by atoms with Gasteiger partial charge in [0.25, 0.3) is 0 Å². The minimum atomic E-state index is 0.771. The minimum absolute atomic E-state index is 0.771. The van der Waals surface area contributed by atoms with Gasteiger partial charge in [-0.05, 0) is 33.5 Å². The number of benzene rings is 1. The van der Waals surface area contributed by atoms with Crippen LogP contribution in [0.15, 0.2) is 47.5 Å². The van der Waals surface area contributed by atoms with Crippen molar-refractivity contribution in [2.75, 3.05) is 0 Å². The second kappa shape index (κ2) is 6.37. The Morgan fingerprint density at radius 2 is 1.81 bits per heavy atom. The van der Waals surface area contributed by atoms with Crippen molar-refractivity contribution >= 4 is 21.6 Å². The molecule has 3 rings (SSSR count). The Bertz CT molecular complexity index is 734. The van der Waals surface area contributed by atoms with E-state index in [1.807, 2.05) is 16.8 Å². The molecule has 0 radical (unpaired) electrons. The van der Waals surface area contributed by atoms with Crippen LogP contribution in [0.4, 0.5) is 0 Å². The van der Waals surface area contributed by atoms with Crippen molar-refractivity contribution in [1.82, 2.24) is 19.7 Å². The minimum Gasteiger partial charge on any atom is -0.307 e. The molecule has 2 heterocycles. The van der Waals surface area contributed by atoms with Gasteiger partial charge in [-0.15, -0.1) is 0 Å². The van der Waals surface area contributed by atoms with Crippen LogP contribution < -0.4 is 5.32 Å². The molecule has 3 aromatic rings. The van der Waals surface area contributed by atoms with Crippen molar-refractivity contribution in [3.05, 3.63) is 64.3 Å². The van der Waals surface area contributed by atoms with Crippen LogP contribution in [0.2, 0.25) is 0 Å². The van der Waals surface area contributed by atoms with Gasteiger partial charge in [-0.25, -0.2) is 9.97 Å². The summed E-state index contributed by atoms with van der Waals surface area (Å²) in [5.41, 5.74) is 4.65. The number of hydrogen-bond acceptors (Lipinski definition) is 3. The Balaban J connectivity index is 1.64. The van der Waals surface area contributed by atoms with Gasteiger partial charge in [-0.2, -0.15) is 0 Å². The first kappa shape index (κ1) is 14.2. The fraction of sp³-hybridized carbons (Fsp3) is 0.250. The second-order valence-electron chi connectivity index (χ2n) is 4.96. The van der Waals surface area contributed by atoms with Gasteiger partial charge in [0.2, 0.25) is 0 Å². The van der Waals surface area contributed by atoms with Gasteiger partial charge in [0, 0.05) is 19.3 Å². The first-order chi connectivity index (χ1) is 10.3. The third-order valence-corrected chi connectivity index (χ3v) is 3.92. The average Bonchev–Trinajstić information content (AvgIpc) is 2.90. The summed E-state index contributed by atoms with van der Waals surface area (Å²) in [5.74, 6) is 0. The highest BCUT2D eigenvalue weighted by atomic mass is 79.9. The Kier molecular flexibility index (Phi) is 4.31. The van der Waals surface area contributed by atoms with Gasteiger partial charge >= 0.3 is 0 Å². The molecule has 5 heteroatoms. The monoisotopic (exact) mass is 344 g/mol. The number of aryl methyl sites for hydroxylation is 1. The molecule has 0 spiro atoms. The van der Waals surface area contributed by atoms with E-state index in [1.54, 1.807) is 6.20 Å². The van der Waals surface area contributed by atoms with Crippen molar-refractivity contribution in [1.29, 1.82) is 0 Å². The van der Waals surface area contributed by atoms with E-state index in [1.165, 1.54) is 11.1 Å². The maximum Gasteiger partial charge on any atom is 0.155 e. The molecule has 108 valence electrons. The van der Waals surface area contributed by atoms with Gasteiger partial charge in [0.15, 0.2) is 5.65 Å². The Labute approximate surface area is 132 Å². The van der Waals surface area contributed by atoms with E-state index in [0.29, 0.717) is 0 Å². The lowest BCUT2D eigenvalue weighted by atomic mass is 10.1. The summed E-state index contributed by atoms with van der Waals surface area (Å²) in [7, 11) is 0. The molecule has 0 aliphatic rings. The van der Waals surface area contributed by atoms with Crippen molar-refractivity contribution in [3.8, 4) is 0 Å². The van der Waals surface area contributed by atoms with Crippen molar-refractivity contribution < 1.29 is 0 Å². The maximum atomic E-state index is 4.35. The summed E-state index contributed by atoms with van der Waals surface area (Å²) in [6.07, 6.45) is 6.67. The predicted molar refractivity (Wildman–Crippen MR) is 87.1 cm³/mol. The number of nitrogens with one attached hydrogen (secondary N) is 1. The van der Waals surface area contributed by atoms with Gasteiger partial charge < -0.3 is 5.32 Å². The molecule has 0 aliphatic heterocycles. The van der Waals surface area contributed by atoms with Crippen LogP contribution in [0.5, 0.6) is 0 Å². The van der Waals surface area contributed by atoms with Crippen molar-refractivity contribution in [3.63, 3.8) is 0 Å². The number of hydrogen-bond donors (Lipinski definition) is 1. The molecule has 1 N–H and O–H groups in total. The Hall–Kier alpha value is -1.72. The number of fused-ring (bicyclic) bond motifs is 1. The van der Waals surface area contributed by atoms with Crippen LogP contribution in [0.3, 0.4) is 0 Å². The van der Waals surface area contributed by atoms with E-state index in [2.05, 4.69) is 62.4 Å². The summed E-state index contributed by atoms with van der Waals surface area (Å²) in [6, 6.07) is 8.74. The topological polar surface area (TPSA) is 42.2 Å². The van der Waals surface area contributed by atoms with Gasteiger partial charge in [-0.3, -0.25) is 4.40 Å². The van der Waals surface area contributed by atoms with Crippen LogP contribution in [0.25, 0.3) is 5.65 Å². The molecule has 0 atom stereocenters. The number of imidazole rings is 1. The smallest absolute Gasteiger partial charge is 0.155 e. The Morgan fingerprint density at radius 1 is 1.05 bits per heavy atom. The molecule has 2 aromatic heterocycles. The fourth-order valence-electron chi connectivity index (χ4n) is 2.27. The lowest BCUT2D eigenvalue weighted by Gasteiger charge is -2.06. The van der Waals surface area contributed by atoms with Crippen LogP contribution in [-0.2, 0) is 19.5 Å². The molecule has 0 saturated heterocycles. The molecule has 4 nitrogen and oxygen atoms in total. The highest BCUT2D eigenvalue weighted by molar-refractivity contribution is 9.10. The average molecular weight is 345 g/mol. The number of aromatic nitrogens is 3. The van der Waals surface area contributed by atoms with Gasteiger partial charge in [0.1, 0.15) is 4.60 Å². The van der Waals surface area contributed by atoms with Crippen LogP contribution in [0.1, 0.15) is 23.7 Å². The molecule has 0 unspecified atom stereocenters.